The molecule has 21 nitrogen and oxygen atoms in total. The third-order valence-electron chi connectivity index (χ3n) is 9.55. The van der Waals surface area contributed by atoms with E-state index in [1.165, 1.54) is 37.4 Å². The van der Waals surface area contributed by atoms with E-state index in [1.807, 2.05) is 0 Å². The van der Waals surface area contributed by atoms with Crippen LogP contribution < -0.4 is 19.6 Å². The van der Waals surface area contributed by atoms with Crippen LogP contribution in [0.2, 0.25) is 0 Å². The number of hydrogen-bond donors (Lipinski definition) is 12. The lowest BCUT2D eigenvalue weighted by molar-refractivity contribution is -0.352. The Hall–Kier alpha value is -3.75. The van der Waals surface area contributed by atoms with Crippen molar-refractivity contribution in [3.63, 3.8) is 0 Å². The molecular weight excluding hydrogens is 744 g/mol. The SMILES string of the molecule is COc1cc(O)c2c(=O)c(O[C@@H]3O[C@H](CO)[C@@H](O[C@@H]4O[C@H](CO)[C@@H](O)[C@H](O)[C@H]4O)[C@H](O)[C@H]3O)c(-c3ccc(O[C@H]4O[C@H](CO)[C@@H](O)[C@H](O)[C@H]4O)cc3)oc2c1. The molecule has 12 N–H and O–H groups in total. The summed E-state index contributed by atoms with van der Waals surface area (Å²) in [6.45, 7) is -2.37. The predicted octanol–water partition coefficient (Wildman–Crippen LogP) is -4.64. The van der Waals surface area contributed by atoms with Crippen molar-refractivity contribution in [3.8, 4) is 34.3 Å². The minimum Gasteiger partial charge on any atom is -0.507 e. The van der Waals surface area contributed by atoms with Gasteiger partial charge in [-0.1, -0.05) is 0 Å². The molecule has 6 rings (SSSR count). The second-order valence-corrected chi connectivity index (χ2v) is 13.1. The highest BCUT2D eigenvalue weighted by Gasteiger charge is 2.51. The fraction of sp³-hybridized carbons (Fsp3) is 0.559. The normalized spacial score (nSPS) is 36.8. The number of phenols is 1. The number of aliphatic hydroxyl groups is 11. The molecule has 0 amide bonds. The highest BCUT2D eigenvalue weighted by atomic mass is 16.7. The molecule has 3 aliphatic rings. The van der Waals surface area contributed by atoms with Crippen LogP contribution in [0, 0.1) is 0 Å². The summed E-state index contributed by atoms with van der Waals surface area (Å²) in [7, 11) is 1.31. The maximum absolute atomic E-state index is 14.0. The highest BCUT2D eigenvalue weighted by Crippen LogP contribution is 2.39. The number of hydrogen-bond acceptors (Lipinski definition) is 21. The van der Waals surface area contributed by atoms with Crippen molar-refractivity contribution in [1.82, 2.24) is 0 Å². The van der Waals surface area contributed by atoms with E-state index in [1.54, 1.807) is 0 Å². The third-order valence-corrected chi connectivity index (χ3v) is 9.55. The van der Waals surface area contributed by atoms with Gasteiger partial charge in [0.25, 0.3) is 0 Å². The van der Waals surface area contributed by atoms with Gasteiger partial charge in [-0.15, -0.1) is 0 Å². The van der Waals surface area contributed by atoms with Crippen molar-refractivity contribution in [2.45, 2.75) is 92.1 Å². The molecule has 0 bridgehead atoms. The molecule has 3 fully saturated rings. The standard InChI is InChI=1S/C34H42O21/c1-48-13-6-14(38)19-15(7-13)50-29(11-2-4-12(5-3-11)49-32-26(45)23(42)20(39)16(8-35)51-32)31(22(19)41)55-34-28(47)25(44)30(18(10-37)53-34)54-33-27(46)24(43)21(40)17(9-36)52-33/h2-7,16-18,20-21,23-28,30,32-40,42-47H,8-10H2,1H3/t16-,17-,18-,20-,21-,23+,24+,25-,26-,27-,28-,30-,32+,33+,34+/m1/s1. The lowest BCUT2D eigenvalue weighted by atomic mass is 9.97. The first-order valence-corrected chi connectivity index (χ1v) is 16.9. The van der Waals surface area contributed by atoms with Crippen LogP contribution >= 0.6 is 0 Å². The van der Waals surface area contributed by atoms with Crippen LogP contribution in [0.5, 0.6) is 23.0 Å². The zero-order valence-corrected chi connectivity index (χ0v) is 28.8. The van der Waals surface area contributed by atoms with Crippen LogP contribution in [0.3, 0.4) is 0 Å². The molecular formula is C34H42O21. The number of phenolic OH excluding ortho intramolecular Hbond substituents is 1. The van der Waals surface area contributed by atoms with Gasteiger partial charge in [-0.2, -0.15) is 0 Å². The van der Waals surface area contributed by atoms with Crippen LogP contribution in [-0.2, 0) is 18.9 Å². The quantitative estimate of drug-likeness (QED) is 0.0869. The Labute approximate surface area is 309 Å². The molecule has 21 heteroatoms. The Morgan fingerprint density at radius 2 is 1.15 bits per heavy atom. The molecule has 2 aromatic carbocycles. The van der Waals surface area contributed by atoms with E-state index in [4.69, 9.17) is 37.6 Å². The summed E-state index contributed by atoms with van der Waals surface area (Å²) < 4.78 is 44.7. The van der Waals surface area contributed by atoms with E-state index in [0.717, 1.165) is 6.07 Å². The number of aliphatic hydroxyl groups excluding tert-OH is 11. The number of benzene rings is 2. The van der Waals surface area contributed by atoms with Crippen LogP contribution in [0.25, 0.3) is 22.3 Å². The first kappa shape index (κ1) is 40.9. The fourth-order valence-electron chi connectivity index (χ4n) is 6.43. The Morgan fingerprint density at radius 1 is 0.618 bits per heavy atom. The average Bonchev–Trinajstić information content (AvgIpc) is 3.18. The summed E-state index contributed by atoms with van der Waals surface area (Å²) in [4.78, 5) is 14.0. The average molecular weight is 787 g/mol. The van der Waals surface area contributed by atoms with Crippen molar-refractivity contribution in [2.24, 2.45) is 0 Å². The first-order chi connectivity index (χ1) is 26.2. The zero-order valence-electron chi connectivity index (χ0n) is 28.8. The van der Waals surface area contributed by atoms with Gasteiger partial charge in [0.1, 0.15) is 101 Å². The van der Waals surface area contributed by atoms with Gasteiger partial charge in [-0.3, -0.25) is 4.79 Å². The van der Waals surface area contributed by atoms with E-state index in [9.17, 15) is 66.1 Å². The molecule has 0 spiro atoms. The van der Waals surface area contributed by atoms with Crippen LogP contribution in [0.15, 0.2) is 45.6 Å². The minimum atomic E-state index is -2.06. The molecule has 55 heavy (non-hydrogen) atoms. The third kappa shape index (κ3) is 7.83. The second-order valence-electron chi connectivity index (χ2n) is 13.1. The van der Waals surface area contributed by atoms with E-state index < -0.39 is 129 Å². The van der Waals surface area contributed by atoms with Gasteiger partial charge in [0, 0.05) is 17.7 Å². The van der Waals surface area contributed by atoms with E-state index in [0.29, 0.717) is 0 Å². The summed E-state index contributed by atoms with van der Waals surface area (Å²) in [6, 6.07) is 7.85. The summed E-state index contributed by atoms with van der Waals surface area (Å²) in [5.41, 5.74) is -1.04. The summed E-state index contributed by atoms with van der Waals surface area (Å²) in [5, 5.41) is 123. The van der Waals surface area contributed by atoms with Gasteiger partial charge in [0.05, 0.1) is 26.9 Å². The first-order valence-electron chi connectivity index (χ1n) is 16.9. The van der Waals surface area contributed by atoms with Crippen LogP contribution in [-0.4, -0.2) is 180 Å². The van der Waals surface area contributed by atoms with E-state index >= 15 is 0 Å². The molecule has 1 aromatic heterocycles. The number of methoxy groups -OCH3 is 1. The van der Waals surface area contributed by atoms with E-state index in [-0.39, 0.29) is 33.8 Å². The van der Waals surface area contributed by atoms with Crippen LogP contribution in [0.1, 0.15) is 0 Å². The van der Waals surface area contributed by atoms with Crippen molar-refractivity contribution in [3.05, 3.63) is 46.6 Å². The Morgan fingerprint density at radius 3 is 1.73 bits per heavy atom. The summed E-state index contributed by atoms with van der Waals surface area (Å²) in [5.74, 6) is -1.38. The van der Waals surface area contributed by atoms with Gasteiger partial charge >= 0.3 is 0 Å². The molecule has 0 saturated carbocycles. The monoisotopic (exact) mass is 786 g/mol. The van der Waals surface area contributed by atoms with Crippen molar-refractivity contribution in [2.75, 3.05) is 26.9 Å². The molecule has 3 aromatic rings. The molecule has 0 unspecified atom stereocenters. The molecule has 0 radical (unpaired) electrons. The number of fused-ring (bicyclic) bond motifs is 1. The lowest BCUT2D eigenvalue weighted by Crippen LogP contribution is -2.65. The Bertz CT molecular complexity index is 1810. The Kier molecular flexibility index (Phi) is 12.5. The van der Waals surface area contributed by atoms with Gasteiger partial charge in [0.2, 0.25) is 23.8 Å². The molecule has 304 valence electrons. The minimum absolute atomic E-state index is 0.0448. The predicted molar refractivity (Wildman–Crippen MR) is 178 cm³/mol. The second kappa shape index (κ2) is 16.8. The van der Waals surface area contributed by atoms with Crippen molar-refractivity contribution < 1.29 is 98.9 Å². The number of ether oxygens (including phenoxy) is 7. The fourth-order valence-corrected chi connectivity index (χ4v) is 6.43. The van der Waals surface area contributed by atoms with Crippen LogP contribution in [0.4, 0.5) is 0 Å². The summed E-state index contributed by atoms with van der Waals surface area (Å²) in [6.07, 6.45) is -25.6. The number of aromatic hydroxyl groups is 1. The summed E-state index contributed by atoms with van der Waals surface area (Å²) >= 11 is 0. The smallest absolute Gasteiger partial charge is 0.239 e. The van der Waals surface area contributed by atoms with Crippen molar-refractivity contribution >= 4 is 11.0 Å². The molecule has 15 atom stereocenters. The number of rotatable bonds is 11. The molecule has 4 heterocycles. The van der Waals surface area contributed by atoms with E-state index in [2.05, 4.69) is 0 Å². The zero-order chi connectivity index (χ0) is 39.9. The molecule has 3 saturated heterocycles. The topological polar surface area (TPSA) is 338 Å². The molecule has 3 aliphatic heterocycles. The van der Waals surface area contributed by atoms with Crippen molar-refractivity contribution in [1.29, 1.82) is 0 Å². The Balaban J connectivity index is 1.30. The van der Waals surface area contributed by atoms with Gasteiger partial charge in [0.15, 0.2) is 12.1 Å². The maximum Gasteiger partial charge on any atom is 0.239 e. The van der Waals surface area contributed by atoms with Gasteiger partial charge < -0.3 is 98.9 Å². The molecule has 0 aliphatic carbocycles. The maximum atomic E-state index is 14.0. The highest BCUT2D eigenvalue weighted by molar-refractivity contribution is 5.88. The van der Waals surface area contributed by atoms with Gasteiger partial charge in [-0.05, 0) is 24.3 Å². The largest absolute Gasteiger partial charge is 0.507 e. The van der Waals surface area contributed by atoms with Gasteiger partial charge in [-0.25, -0.2) is 0 Å². The lowest BCUT2D eigenvalue weighted by Gasteiger charge is -2.45.